The number of hydrogen-bond acceptors (Lipinski definition) is 3. The van der Waals surface area contributed by atoms with Crippen molar-refractivity contribution < 1.29 is 13.9 Å². The minimum Gasteiger partial charge on any atom is -0.497 e. The van der Waals surface area contributed by atoms with Crippen molar-refractivity contribution in [3.63, 3.8) is 0 Å². The molecule has 2 aromatic carbocycles. The fourth-order valence-electron chi connectivity index (χ4n) is 2.36. The summed E-state index contributed by atoms with van der Waals surface area (Å²) >= 11 is 1.41. The van der Waals surface area contributed by atoms with Gasteiger partial charge in [-0.05, 0) is 35.7 Å². The van der Waals surface area contributed by atoms with Crippen molar-refractivity contribution >= 4 is 17.7 Å². The molecule has 1 atom stereocenters. The van der Waals surface area contributed by atoms with E-state index >= 15 is 0 Å². The second kappa shape index (κ2) is 9.33. The molecule has 24 heavy (non-hydrogen) atoms. The molecule has 0 saturated heterocycles. The first-order valence-electron chi connectivity index (χ1n) is 7.88. The fraction of sp³-hybridized carbons (Fsp3) is 0.316. The number of methoxy groups -OCH3 is 1. The van der Waals surface area contributed by atoms with Crippen LogP contribution < -0.4 is 10.1 Å². The molecule has 3 nitrogen and oxygen atoms in total. The molecule has 0 heterocycles. The molecule has 128 valence electrons. The molecule has 0 aliphatic rings. The summed E-state index contributed by atoms with van der Waals surface area (Å²) in [6, 6.07) is 14.3. The molecule has 0 unspecified atom stereocenters. The minimum atomic E-state index is -0.227. The highest BCUT2D eigenvalue weighted by molar-refractivity contribution is 7.99. The van der Waals surface area contributed by atoms with Crippen LogP contribution in [-0.2, 0) is 10.5 Å². The molecule has 0 fully saturated rings. The van der Waals surface area contributed by atoms with E-state index in [2.05, 4.69) is 5.32 Å². The van der Waals surface area contributed by atoms with Gasteiger partial charge in [-0.2, -0.15) is 0 Å². The Bertz CT molecular complexity index is 661. The standard InChI is InChI=1S/C19H22FNO2S/c1-3-18(14-8-10-16(23-2)11-9-14)21-19(22)13-24-12-15-6-4-5-7-17(15)20/h4-11,18H,3,12-13H2,1-2H3,(H,21,22)/t18-/m1/s1. The number of carbonyl (C=O) groups excluding carboxylic acids is 1. The topological polar surface area (TPSA) is 38.3 Å². The Balaban J connectivity index is 1.84. The first-order valence-corrected chi connectivity index (χ1v) is 9.04. The van der Waals surface area contributed by atoms with E-state index in [9.17, 15) is 9.18 Å². The van der Waals surface area contributed by atoms with E-state index in [-0.39, 0.29) is 17.8 Å². The summed E-state index contributed by atoms with van der Waals surface area (Å²) in [6.07, 6.45) is 0.802. The molecule has 2 rings (SSSR count). The predicted octanol–water partition coefficient (Wildman–Crippen LogP) is 4.34. The van der Waals surface area contributed by atoms with E-state index < -0.39 is 0 Å². The van der Waals surface area contributed by atoms with Gasteiger partial charge in [-0.1, -0.05) is 37.3 Å². The summed E-state index contributed by atoms with van der Waals surface area (Å²) in [5, 5.41) is 3.03. The third-order valence-electron chi connectivity index (χ3n) is 3.71. The van der Waals surface area contributed by atoms with Crippen molar-refractivity contribution in [2.45, 2.75) is 25.1 Å². The zero-order valence-corrected chi connectivity index (χ0v) is 14.7. The summed E-state index contributed by atoms with van der Waals surface area (Å²) in [4.78, 5) is 12.1. The second-order valence-corrected chi connectivity index (χ2v) is 6.37. The molecule has 0 aromatic heterocycles. The third kappa shape index (κ3) is 5.27. The van der Waals surface area contributed by atoms with Gasteiger partial charge in [0.15, 0.2) is 0 Å². The summed E-state index contributed by atoms with van der Waals surface area (Å²) in [5.41, 5.74) is 1.67. The Morgan fingerprint density at radius 1 is 1.21 bits per heavy atom. The number of hydrogen-bond donors (Lipinski definition) is 1. The van der Waals surface area contributed by atoms with Crippen LogP contribution in [0, 0.1) is 5.82 Å². The van der Waals surface area contributed by atoms with Crippen LogP contribution in [0.2, 0.25) is 0 Å². The molecule has 5 heteroatoms. The van der Waals surface area contributed by atoms with Crippen LogP contribution in [0.15, 0.2) is 48.5 Å². The zero-order valence-electron chi connectivity index (χ0n) is 13.9. The Kier molecular flexibility index (Phi) is 7.12. The maximum atomic E-state index is 13.5. The molecule has 0 aliphatic carbocycles. The number of ether oxygens (including phenoxy) is 1. The number of nitrogens with one attached hydrogen (secondary N) is 1. The highest BCUT2D eigenvalue weighted by atomic mass is 32.2. The highest BCUT2D eigenvalue weighted by Gasteiger charge is 2.13. The van der Waals surface area contributed by atoms with Crippen molar-refractivity contribution in [1.29, 1.82) is 0 Å². The van der Waals surface area contributed by atoms with Gasteiger partial charge >= 0.3 is 0 Å². The van der Waals surface area contributed by atoms with Crippen LogP contribution in [0.3, 0.4) is 0 Å². The number of benzene rings is 2. The minimum absolute atomic E-state index is 0.0301. The first kappa shape index (κ1) is 18.3. The van der Waals surface area contributed by atoms with Crippen LogP contribution in [0.4, 0.5) is 4.39 Å². The summed E-state index contributed by atoms with van der Waals surface area (Å²) in [6.45, 7) is 2.03. The Morgan fingerprint density at radius 2 is 1.92 bits per heavy atom. The molecular formula is C19H22FNO2S. The molecule has 0 bridgehead atoms. The SMILES string of the molecule is CC[C@@H](NC(=O)CSCc1ccccc1F)c1ccc(OC)cc1. The van der Waals surface area contributed by atoms with Crippen molar-refractivity contribution in [3.8, 4) is 5.75 Å². The molecule has 0 radical (unpaired) electrons. The van der Waals surface area contributed by atoms with Gasteiger partial charge in [0.2, 0.25) is 5.91 Å². The van der Waals surface area contributed by atoms with Crippen LogP contribution in [0.1, 0.15) is 30.5 Å². The number of rotatable bonds is 8. The summed E-state index contributed by atoms with van der Waals surface area (Å²) in [7, 11) is 1.63. The van der Waals surface area contributed by atoms with Gasteiger partial charge in [-0.25, -0.2) is 4.39 Å². The zero-order chi connectivity index (χ0) is 17.4. The molecule has 0 aliphatic heterocycles. The summed E-state index contributed by atoms with van der Waals surface area (Å²) < 4.78 is 18.7. The Labute approximate surface area is 146 Å². The number of thioether (sulfide) groups is 1. The van der Waals surface area contributed by atoms with Gasteiger partial charge in [0.25, 0.3) is 0 Å². The van der Waals surface area contributed by atoms with E-state index in [4.69, 9.17) is 4.74 Å². The smallest absolute Gasteiger partial charge is 0.230 e. The lowest BCUT2D eigenvalue weighted by atomic mass is 10.0. The van der Waals surface area contributed by atoms with Crippen LogP contribution >= 0.6 is 11.8 Å². The fourth-order valence-corrected chi connectivity index (χ4v) is 3.19. The Hall–Kier alpha value is -2.01. The van der Waals surface area contributed by atoms with Crippen molar-refractivity contribution in [2.75, 3.05) is 12.9 Å². The van der Waals surface area contributed by atoms with E-state index in [1.165, 1.54) is 17.8 Å². The lowest BCUT2D eigenvalue weighted by molar-refractivity contribution is -0.119. The van der Waals surface area contributed by atoms with Crippen molar-refractivity contribution in [3.05, 3.63) is 65.5 Å². The molecular weight excluding hydrogens is 325 g/mol. The monoisotopic (exact) mass is 347 g/mol. The average molecular weight is 347 g/mol. The van der Waals surface area contributed by atoms with E-state index in [0.717, 1.165) is 17.7 Å². The van der Waals surface area contributed by atoms with E-state index in [1.807, 2.05) is 31.2 Å². The first-order chi connectivity index (χ1) is 11.6. The lowest BCUT2D eigenvalue weighted by Gasteiger charge is -2.17. The molecule has 0 saturated carbocycles. The Morgan fingerprint density at radius 3 is 2.54 bits per heavy atom. The van der Waals surface area contributed by atoms with Gasteiger partial charge in [-0.3, -0.25) is 4.79 Å². The molecule has 1 amide bonds. The quantitative estimate of drug-likeness (QED) is 0.772. The second-order valence-electron chi connectivity index (χ2n) is 5.39. The number of amides is 1. The normalized spacial score (nSPS) is 11.8. The molecule has 1 N–H and O–H groups in total. The van der Waals surface area contributed by atoms with Crippen LogP contribution in [0.5, 0.6) is 5.75 Å². The van der Waals surface area contributed by atoms with Crippen LogP contribution in [-0.4, -0.2) is 18.8 Å². The maximum absolute atomic E-state index is 13.5. The third-order valence-corrected chi connectivity index (χ3v) is 4.69. The summed E-state index contributed by atoms with van der Waals surface area (Å²) in [5.74, 6) is 1.31. The predicted molar refractivity (Wildman–Crippen MR) is 96.7 cm³/mol. The van der Waals surface area contributed by atoms with Gasteiger partial charge in [0.05, 0.1) is 18.9 Å². The van der Waals surface area contributed by atoms with Crippen molar-refractivity contribution in [2.24, 2.45) is 0 Å². The largest absolute Gasteiger partial charge is 0.497 e. The van der Waals surface area contributed by atoms with Gasteiger partial charge in [-0.15, -0.1) is 11.8 Å². The lowest BCUT2D eigenvalue weighted by Crippen LogP contribution is -2.29. The number of halogens is 1. The molecule has 2 aromatic rings. The van der Waals surface area contributed by atoms with Crippen LogP contribution in [0.25, 0.3) is 0 Å². The maximum Gasteiger partial charge on any atom is 0.230 e. The molecule has 0 spiro atoms. The van der Waals surface area contributed by atoms with Gasteiger partial charge in [0.1, 0.15) is 11.6 Å². The van der Waals surface area contributed by atoms with E-state index in [1.54, 1.807) is 25.3 Å². The van der Waals surface area contributed by atoms with Gasteiger partial charge in [0, 0.05) is 5.75 Å². The van der Waals surface area contributed by atoms with Gasteiger partial charge < -0.3 is 10.1 Å². The number of carbonyl (C=O) groups is 1. The van der Waals surface area contributed by atoms with E-state index in [0.29, 0.717) is 17.1 Å². The average Bonchev–Trinajstić information content (AvgIpc) is 2.61. The van der Waals surface area contributed by atoms with Crippen molar-refractivity contribution in [1.82, 2.24) is 5.32 Å². The highest BCUT2D eigenvalue weighted by Crippen LogP contribution is 2.21.